The van der Waals surface area contributed by atoms with Crippen LogP contribution in [0.25, 0.3) is 0 Å². The van der Waals surface area contributed by atoms with Crippen LogP contribution in [0.2, 0.25) is 0 Å². The number of thiazole rings is 1. The molecule has 88 valence electrons. The molecule has 1 unspecified atom stereocenters. The van der Waals surface area contributed by atoms with Crippen molar-refractivity contribution in [3.63, 3.8) is 0 Å². The maximum Gasteiger partial charge on any atom is 0.115 e. The van der Waals surface area contributed by atoms with E-state index >= 15 is 0 Å². The SMILES string of the molecule is CNC(c1ccccc1)c1nc2c(s1)CCC2. The molecular weight excluding hydrogens is 228 g/mol. The lowest BCUT2D eigenvalue weighted by molar-refractivity contribution is 0.683. The van der Waals surface area contributed by atoms with Crippen molar-refractivity contribution in [2.45, 2.75) is 25.3 Å². The van der Waals surface area contributed by atoms with Gasteiger partial charge in [-0.2, -0.15) is 0 Å². The van der Waals surface area contributed by atoms with Gasteiger partial charge in [-0.15, -0.1) is 11.3 Å². The van der Waals surface area contributed by atoms with Crippen LogP contribution in [0, 0.1) is 0 Å². The Hall–Kier alpha value is -1.19. The van der Waals surface area contributed by atoms with Crippen LogP contribution in [0.5, 0.6) is 0 Å². The molecule has 0 saturated carbocycles. The number of hydrogen-bond acceptors (Lipinski definition) is 3. The van der Waals surface area contributed by atoms with E-state index in [0.717, 1.165) is 6.42 Å². The summed E-state index contributed by atoms with van der Waals surface area (Å²) in [5.74, 6) is 0. The van der Waals surface area contributed by atoms with Crippen LogP contribution in [-0.4, -0.2) is 12.0 Å². The molecule has 0 saturated heterocycles. The van der Waals surface area contributed by atoms with E-state index in [-0.39, 0.29) is 6.04 Å². The predicted octanol–water partition coefficient (Wildman–Crippen LogP) is 2.94. The number of fused-ring (bicyclic) bond motifs is 1. The third-order valence-electron chi connectivity index (χ3n) is 3.28. The fourth-order valence-corrected chi connectivity index (χ4v) is 3.70. The second-order valence-corrected chi connectivity index (χ2v) is 5.52. The Morgan fingerprint density at radius 3 is 2.76 bits per heavy atom. The van der Waals surface area contributed by atoms with Gasteiger partial charge >= 0.3 is 0 Å². The molecule has 0 amide bonds. The normalized spacial score (nSPS) is 15.8. The summed E-state index contributed by atoms with van der Waals surface area (Å²) in [5, 5.41) is 4.58. The Morgan fingerprint density at radius 2 is 2.06 bits per heavy atom. The second kappa shape index (κ2) is 4.59. The van der Waals surface area contributed by atoms with Crippen molar-refractivity contribution in [1.82, 2.24) is 10.3 Å². The number of rotatable bonds is 3. The second-order valence-electron chi connectivity index (χ2n) is 4.41. The zero-order valence-electron chi connectivity index (χ0n) is 9.94. The van der Waals surface area contributed by atoms with Crippen LogP contribution < -0.4 is 5.32 Å². The van der Waals surface area contributed by atoms with E-state index in [9.17, 15) is 0 Å². The zero-order valence-corrected chi connectivity index (χ0v) is 10.8. The van der Waals surface area contributed by atoms with Gasteiger partial charge in [-0.05, 0) is 31.9 Å². The number of benzene rings is 1. The maximum atomic E-state index is 4.79. The van der Waals surface area contributed by atoms with Gasteiger partial charge in [0.05, 0.1) is 11.7 Å². The summed E-state index contributed by atoms with van der Waals surface area (Å²) in [6.45, 7) is 0. The van der Waals surface area contributed by atoms with Gasteiger partial charge in [-0.3, -0.25) is 0 Å². The first-order chi connectivity index (χ1) is 8.38. The summed E-state index contributed by atoms with van der Waals surface area (Å²) in [6.07, 6.45) is 3.67. The number of aromatic nitrogens is 1. The maximum absolute atomic E-state index is 4.79. The minimum Gasteiger partial charge on any atom is -0.307 e. The topological polar surface area (TPSA) is 24.9 Å². The summed E-state index contributed by atoms with van der Waals surface area (Å²) in [4.78, 5) is 6.29. The molecule has 1 atom stereocenters. The number of nitrogens with zero attached hydrogens (tertiary/aromatic N) is 1. The highest BCUT2D eigenvalue weighted by Crippen LogP contribution is 2.32. The fraction of sp³-hybridized carbons (Fsp3) is 0.357. The average Bonchev–Trinajstić information content (AvgIpc) is 2.92. The summed E-state index contributed by atoms with van der Waals surface area (Å²) in [6, 6.07) is 10.8. The van der Waals surface area contributed by atoms with Crippen LogP contribution in [-0.2, 0) is 12.8 Å². The van der Waals surface area contributed by atoms with Crippen LogP contribution in [0.3, 0.4) is 0 Å². The van der Waals surface area contributed by atoms with Crippen LogP contribution >= 0.6 is 11.3 Å². The van der Waals surface area contributed by atoms with Crippen LogP contribution in [0.4, 0.5) is 0 Å². The molecule has 2 nitrogen and oxygen atoms in total. The van der Waals surface area contributed by atoms with Crippen molar-refractivity contribution < 1.29 is 0 Å². The smallest absolute Gasteiger partial charge is 0.115 e. The van der Waals surface area contributed by atoms with E-state index < -0.39 is 0 Å². The molecule has 1 heterocycles. The van der Waals surface area contributed by atoms with Gasteiger partial charge in [0.25, 0.3) is 0 Å². The highest BCUT2D eigenvalue weighted by atomic mass is 32.1. The largest absolute Gasteiger partial charge is 0.307 e. The van der Waals surface area contributed by atoms with E-state index in [1.165, 1.54) is 34.0 Å². The van der Waals surface area contributed by atoms with Crippen molar-refractivity contribution in [2.24, 2.45) is 0 Å². The molecule has 1 aromatic carbocycles. The first kappa shape index (κ1) is 10.9. The molecular formula is C14H16N2S. The highest BCUT2D eigenvalue weighted by molar-refractivity contribution is 7.11. The molecule has 1 aromatic heterocycles. The molecule has 0 radical (unpaired) electrons. The summed E-state index contributed by atoms with van der Waals surface area (Å²) in [5.41, 5.74) is 2.63. The Labute approximate surface area is 106 Å². The quantitative estimate of drug-likeness (QED) is 0.898. The van der Waals surface area contributed by atoms with Crippen molar-refractivity contribution in [1.29, 1.82) is 0 Å². The minimum atomic E-state index is 0.242. The lowest BCUT2D eigenvalue weighted by atomic mass is 10.1. The van der Waals surface area contributed by atoms with E-state index in [2.05, 4.69) is 35.6 Å². The van der Waals surface area contributed by atoms with Gasteiger partial charge in [0.15, 0.2) is 0 Å². The molecule has 0 bridgehead atoms. The van der Waals surface area contributed by atoms with Crippen molar-refractivity contribution in [2.75, 3.05) is 7.05 Å². The minimum absolute atomic E-state index is 0.242. The third-order valence-corrected chi connectivity index (χ3v) is 4.50. The van der Waals surface area contributed by atoms with Crippen LogP contribution in [0.1, 0.15) is 33.6 Å². The Bertz CT molecular complexity index is 483. The van der Waals surface area contributed by atoms with Gasteiger partial charge in [0.2, 0.25) is 0 Å². The van der Waals surface area contributed by atoms with Crippen molar-refractivity contribution in [3.05, 3.63) is 51.5 Å². The van der Waals surface area contributed by atoms with E-state index in [0.29, 0.717) is 0 Å². The summed E-state index contributed by atoms with van der Waals surface area (Å²) < 4.78 is 0. The standard InChI is InChI=1S/C14H16N2S/c1-15-13(10-6-3-2-4-7-10)14-16-11-8-5-9-12(11)17-14/h2-4,6-7,13,15H,5,8-9H2,1H3. The van der Waals surface area contributed by atoms with Crippen molar-refractivity contribution in [3.8, 4) is 0 Å². The summed E-state index contributed by atoms with van der Waals surface area (Å²) >= 11 is 1.88. The summed E-state index contributed by atoms with van der Waals surface area (Å²) in [7, 11) is 2.00. The first-order valence-electron chi connectivity index (χ1n) is 6.09. The molecule has 0 spiro atoms. The molecule has 3 heteroatoms. The number of hydrogen-bond donors (Lipinski definition) is 1. The molecule has 0 aliphatic heterocycles. The van der Waals surface area contributed by atoms with Gasteiger partial charge in [0, 0.05) is 4.88 Å². The number of aryl methyl sites for hydroxylation is 2. The van der Waals surface area contributed by atoms with E-state index in [1.54, 1.807) is 0 Å². The van der Waals surface area contributed by atoms with Gasteiger partial charge < -0.3 is 5.32 Å². The lowest BCUT2D eigenvalue weighted by Crippen LogP contribution is -2.17. The zero-order chi connectivity index (χ0) is 11.7. The Balaban J connectivity index is 1.95. The number of nitrogens with one attached hydrogen (secondary N) is 1. The molecule has 17 heavy (non-hydrogen) atoms. The van der Waals surface area contributed by atoms with Crippen LogP contribution in [0.15, 0.2) is 30.3 Å². The van der Waals surface area contributed by atoms with E-state index in [1.807, 2.05) is 18.4 Å². The van der Waals surface area contributed by atoms with Gasteiger partial charge in [0.1, 0.15) is 5.01 Å². The van der Waals surface area contributed by atoms with Crippen molar-refractivity contribution >= 4 is 11.3 Å². The molecule has 1 aliphatic carbocycles. The Morgan fingerprint density at radius 1 is 1.24 bits per heavy atom. The molecule has 0 fully saturated rings. The first-order valence-corrected chi connectivity index (χ1v) is 6.91. The molecule has 1 aliphatic rings. The highest BCUT2D eigenvalue weighted by Gasteiger charge is 2.21. The average molecular weight is 244 g/mol. The molecule has 2 aromatic rings. The lowest BCUT2D eigenvalue weighted by Gasteiger charge is -2.13. The van der Waals surface area contributed by atoms with E-state index in [4.69, 9.17) is 4.98 Å². The van der Waals surface area contributed by atoms with Gasteiger partial charge in [-0.1, -0.05) is 30.3 Å². The van der Waals surface area contributed by atoms with Gasteiger partial charge in [-0.25, -0.2) is 4.98 Å². The fourth-order valence-electron chi connectivity index (χ4n) is 2.41. The third kappa shape index (κ3) is 2.01. The predicted molar refractivity (Wildman–Crippen MR) is 71.5 cm³/mol. The monoisotopic (exact) mass is 244 g/mol. The molecule has 1 N–H and O–H groups in total. The molecule has 3 rings (SSSR count). The Kier molecular flexibility index (Phi) is 2.95.